The molecule has 0 aliphatic heterocycles. The number of fused-ring (bicyclic) bond motifs is 3. The average Bonchev–Trinajstić information content (AvgIpc) is 3.60. The van der Waals surface area contributed by atoms with E-state index in [1.54, 1.807) is 24.3 Å². The molecule has 316 valence electrons. The Balaban J connectivity index is 1.08. The summed E-state index contributed by atoms with van der Waals surface area (Å²) < 4.78 is 11.4. The lowest BCUT2D eigenvalue weighted by molar-refractivity contribution is 0.0680. The molecule has 2 aliphatic rings. The zero-order valence-electron chi connectivity index (χ0n) is 34.3. The number of carboxylic acid groups (broad SMARTS) is 2. The fourth-order valence-corrected chi connectivity index (χ4v) is 8.80. The monoisotopic (exact) mass is 842 g/mol. The second-order valence-electron chi connectivity index (χ2n) is 15.8. The van der Waals surface area contributed by atoms with E-state index in [4.69, 9.17) is 9.47 Å². The fourth-order valence-electron chi connectivity index (χ4n) is 8.80. The third-order valence-electron chi connectivity index (χ3n) is 12.0. The molecule has 4 N–H and O–H groups in total. The lowest BCUT2D eigenvalue weighted by Gasteiger charge is -2.34. The molecule has 8 rings (SSSR count). The van der Waals surface area contributed by atoms with Crippen molar-refractivity contribution in [2.75, 3.05) is 7.05 Å². The highest BCUT2D eigenvalue weighted by atomic mass is 16.5. The number of ether oxygens (including phenoxy) is 2. The highest BCUT2D eigenvalue weighted by Gasteiger charge is 2.46. The van der Waals surface area contributed by atoms with Crippen LogP contribution in [0.1, 0.15) is 117 Å². The van der Waals surface area contributed by atoms with Gasteiger partial charge < -0.3 is 30.3 Å². The molecule has 2 aliphatic carbocycles. The molecule has 63 heavy (non-hydrogen) atoms. The van der Waals surface area contributed by atoms with Crippen molar-refractivity contribution in [2.24, 2.45) is 5.92 Å². The Morgan fingerprint density at radius 2 is 0.968 bits per heavy atom. The van der Waals surface area contributed by atoms with Crippen LogP contribution in [0.3, 0.4) is 0 Å². The number of carbonyl (C=O) groups is 6. The van der Waals surface area contributed by atoms with Crippen molar-refractivity contribution >= 4 is 35.7 Å². The van der Waals surface area contributed by atoms with Crippen LogP contribution >= 0.6 is 0 Å². The highest BCUT2D eigenvalue weighted by molar-refractivity contribution is 6.07. The van der Waals surface area contributed by atoms with Crippen LogP contribution in [0.2, 0.25) is 0 Å². The van der Waals surface area contributed by atoms with Gasteiger partial charge in [-0.1, -0.05) is 79.7 Å². The van der Waals surface area contributed by atoms with Gasteiger partial charge in [-0.05, 0) is 126 Å². The SMILES string of the molecule is CNC(=O)c1ccc(C(=O)Oc2ccc(C3(c4ccc(OC(=O)c5ccc(C(=O)NC6CCC(C)CC6)c(C(=O)O)c5)cc4)c4ccccc4-c4ccccc43)cc2)cc1C(=O)O. The molecule has 1 fully saturated rings. The van der Waals surface area contributed by atoms with Crippen molar-refractivity contribution < 1.29 is 48.5 Å². The van der Waals surface area contributed by atoms with Gasteiger partial charge in [0, 0.05) is 13.1 Å². The van der Waals surface area contributed by atoms with Crippen LogP contribution in [0.5, 0.6) is 11.5 Å². The van der Waals surface area contributed by atoms with Crippen molar-refractivity contribution in [3.05, 3.63) is 189 Å². The maximum absolute atomic E-state index is 13.5. The van der Waals surface area contributed by atoms with E-state index in [9.17, 15) is 39.0 Å². The summed E-state index contributed by atoms with van der Waals surface area (Å²) in [6.07, 6.45) is 3.61. The maximum atomic E-state index is 13.5. The summed E-state index contributed by atoms with van der Waals surface area (Å²) in [5, 5.41) is 25.1. The predicted molar refractivity (Wildman–Crippen MR) is 233 cm³/mol. The molecule has 6 aromatic carbocycles. The molecule has 6 aromatic rings. The van der Waals surface area contributed by atoms with E-state index in [0.29, 0.717) is 5.92 Å². The quantitative estimate of drug-likeness (QED) is 0.0727. The van der Waals surface area contributed by atoms with E-state index in [2.05, 4.69) is 41.8 Å². The van der Waals surface area contributed by atoms with Crippen molar-refractivity contribution in [1.82, 2.24) is 10.6 Å². The van der Waals surface area contributed by atoms with Crippen LogP contribution in [0.4, 0.5) is 0 Å². The van der Waals surface area contributed by atoms with E-state index in [1.807, 2.05) is 48.5 Å². The number of carboxylic acids is 2. The molecule has 0 radical (unpaired) electrons. The van der Waals surface area contributed by atoms with Crippen LogP contribution < -0.4 is 20.1 Å². The Bertz CT molecular complexity index is 2760. The van der Waals surface area contributed by atoms with Gasteiger partial charge >= 0.3 is 23.9 Å². The summed E-state index contributed by atoms with van der Waals surface area (Å²) >= 11 is 0. The van der Waals surface area contributed by atoms with Gasteiger partial charge in [-0.2, -0.15) is 0 Å². The molecule has 0 atom stereocenters. The third kappa shape index (κ3) is 7.94. The first kappa shape index (κ1) is 41.9. The van der Waals surface area contributed by atoms with Crippen LogP contribution in [-0.4, -0.2) is 59.0 Å². The molecule has 0 bridgehead atoms. The van der Waals surface area contributed by atoms with Gasteiger partial charge in [-0.3, -0.25) is 9.59 Å². The largest absolute Gasteiger partial charge is 0.478 e. The third-order valence-corrected chi connectivity index (χ3v) is 12.0. The van der Waals surface area contributed by atoms with Crippen LogP contribution in [0.15, 0.2) is 133 Å². The van der Waals surface area contributed by atoms with Gasteiger partial charge in [0.2, 0.25) is 0 Å². The summed E-state index contributed by atoms with van der Waals surface area (Å²) in [5.74, 6) is -4.42. The molecule has 1 saturated carbocycles. The van der Waals surface area contributed by atoms with Crippen molar-refractivity contribution in [3.63, 3.8) is 0 Å². The van der Waals surface area contributed by atoms with E-state index in [-0.39, 0.29) is 50.9 Å². The van der Waals surface area contributed by atoms with Crippen LogP contribution in [0.25, 0.3) is 11.1 Å². The van der Waals surface area contributed by atoms with E-state index in [0.717, 1.165) is 71.2 Å². The number of benzene rings is 6. The van der Waals surface area contributed by atoms with Crippen molar-refractivity contribution in [3.8, 4) is 22.6 Å². The first-order valence-electron chi connectivity index (χ1n) is 20.5. The van der Waals surface area contributed by atoms with E-state index >= 15 is 0 Å². The Labute approximate surface area is 362 Å². The summed E-state index contributed by atoms with van der Waals surface area (Å²) in [4.78, 5) is 76.3. The number of esters is 2. The molecule has 12 heteroatoms. The highest BCUT2D eigenvalue weighted by Crippen LogP contribution is 2.56. The van der Waals surface area contributed by atoms with Gasteiger partial charge in [0.15, 0.2) is 0 Å². The van der Waals surface area contributed by atoms with E-state index in [1.165, 1.54) is 31.3 Å². The minimum Gasteiger partial charge on any atom is -0.478 e. The molecule has 0 heterocycles. The van der Waals surface area contributed by atoms with Gasteiger partial charge in [0.05, 0.1) is 38.8 Å². The summed E-state index contributed by atoms with van der Waals surface area (Å²) in [6, 6.07) is 37.7. The standard InChI is InChI=1S/C51H42N2O10/c1-29-11-19-34(20-12-29)53-46(55)40-26-14-31(28-42(40)48(58)59)50(61)63-36-23-17-33(18-24-36)51(43-9-5-3-7-37(43)38-8-4-6-10-44(38)51)32-15-21-35(22-16-32)62-49(60)30-13-25-39(45(54)52-2)41(27-30)47(56)57/h3-10,13-18,21-29,34H,11-12,19-20H2,1-2H3,(H,52,54)(H,53,55)(H,56,57)(H,58,59). The predicted octanol–water partition coefficient (Wildman–Crippen LogP) is 8.55. The second kappa shape index (κ2) is 17.3. The van der Waals surface area contributed by atoms with E-state index < -0.39 is 41.1 Å². The Hall–Kier alpha value is -7.86. The molecule has 12 nitrogen and oxygen atoms in total. The number of aromatic carboxylic acids is 2. The Morgan fingerprint density at radius 3 is 1.40 bits per heavy atom. The summed E-state index contributed by atoms with van der Waals surface area (Å²) in [5.41, 5.74) is 3.96. The van der Waals surface area contributed by atoms with Crippen LogP contribution in [0, 0.1) is 5.92 Å². The molecular formula is C51H42N2O10. The lowest BCUT2D eigenvalue weighted by atomic mass is 9.68. The minimum atomic E-state index is -1.37. The van der Waals surface area contributed by atoms with Gasteiger partial charge in [-0.15, -0.1) is 0 Å². The zero-order chi connectivity index (χ0) is 44.4. The Kier molecular flexibility index (Phi) is 11.5. The molecule has 0 unspecified atom stereocenters. The maximum Gasteiger partial charge on any atom is 0.343 e. The Morgan fingerprint density at radius 1 is 0.540 bits per heavy atom. The lowest BCUT2D eigenvalue weighted by Crippen LogP contribution is -2.38. The number of nitrogens with one attached hydrogen (secondary N) is 2. The minimum absolute atomic E-state index is 0.0289. The molecule has 0 saturated heterocycles. The normalized spacial score (nSPS) is 15.8. The summed E-state index contributed by atoms with van der Waals surface area (Å²) in [7, 11) is 1.38. The van der Waals surface area contributed by atoms with Gasteiger partial charge in [0.1, 0.15) is 11.5 Å². The smallest absolute Gasteiger partial charge is 0.343 e. The summed E-state index contributed by atoms with van der Waals surface area (Å²) in [6.45, 7) is 2.17. The molecule has 0 spiro atoms. The van der Waals surface area contributed by atoms with Gasteiger partial charge in [0.25, 0.3) is 11.8 Å². The fraction of sp³-hybridized carbons (Fsp3) is 0.176. The molecule has 0 aromatic heterocycles. The number of amides is 2. The molecular weight excluding hydrogens is 801 g/mol. The first-order valence-corrected chi connectivity index (χ1v) is 20.5. The topological polar surface area (TPSA) is 185 Å². The van der Waals surface area contributed by atoms with Crippen molar-refractivity contribution in [1.29, 1.82) is 0 Å². The van der Waals surface area contributed by atoms with Crippen molar-refractivity contribution in [2.45, 2.75) is 44.1 Å². The zero-order valence-corrected chi connectivity index (χ0v) is 34.3. The number of rotatable bonds is 11. The van der Waals surface area contributed by atoms with Crippen LogP contribution in [-0.2, 0) is 5.41 Å². The first-order chi connectivity index (χ1) is 30.4. The van der Waals surface area contributed by atoms with Gasteiger partial charge in [-0.25, -0.2) is 19.2 Å². The number of carbonyl (C=O) groups excluding carboxylic acids is 4. The number of hydrogen-bond donors (Lipinski definition) is 4. The average molecular weight is 843 g/mol. The second-order valence-corrected chi connectivity index (χ2v) is 15.8. The number of hydrogen-bond acceptors (Lipinski definition) is 8. The molecule has 2 amide bonds.